The zero-order chi connectivity index (χ0) is 31.1. The topological polar surface area (TPSA) is 103 Å². The van der Waals surface area contributed by atoms with Crippen molar-refractivity contribution in [2.24, 2.45) is 9.98 Å². The molecule has 0 atom stereocenters. The maximum Gasteiger partial charge on any atom is 0.673 e. The summed E-state index contributed by atoms with van der Waals surface area (Å²) in [4.78, 5) is 24.8. The van der Waals surface area contributed by atoms with Gasteiger partial charge in [0, 0.05) is 17.1 Å². The average Bonchev–Trinajstić information content (AvgIpc) is 2.85. The van der Waals surface area contributed by atoms with E-state index in [1.807, 2.05) is 0 Å². The van der Waals surface area contributed by atoms with E-state index in [9.17, 15) is 17.3 Å². The molecule has 6 nitrogen and oxygen atoms in total. The number of hydrogen-bond acceptors (Lipinski definition) is 4. The Hall–Kier alpha value is -2.72. The van der Waals surface area contributed by atoms with Crippen molar-refractivity contribution in [3.05, 3.63) is 68.5 Å². The van der Waals surface area contributed by atoms with Gasteiger partial charge in [-0.25, -0.2) is 0 Å². The molecule has 2 radical (unpaired) electrons. The minimum absolute atomic E-state index is 0. The molecule has 0 aliphatic rings. The summed E-state index contributed by atoms with van der Waals surface area (Å²) in [7, 11) is -6.00. The van der Waals surface area contributed by atoms with Crippen molar-refractivity contribution in [1.29, 1.82) is 0 Å². The quantitative estimate of drug-likeness (QED) is 0.178. The van der Waals surface area contributed by atoms with Gasteiger partial charge in [0.05, 0.1) is 22.8 Å². The largest absolute Gasteiger partial charge is 0.673 e. The predicted octanol–water partition coefficient (Wildman–Crippen LogP) is 9.47. The SMILES string of the molecule is CC(=Nc1c(C(C)C)cccc1C(C)C)C(C)=Nc1c(C(C)C)cccc1C(C)C.F[B-](F)(F)F.[Fe].[N]=O.[N]=O. The van der Waals surface area contributed by atoms with Crippen LogP contribution in [0.1, 0.15) is 115 Å². The van der Waals surface area contributed by atoms with E-state index in [1.54, 1.807) is 0 Å². The minimum atomic E-state index is -6.00. The van der Waals surface area contributed by atoms with Crippen LogP contribution in [0.3, 0.4) is 0 Å². The van der Waals surface area contributed by atoms with Crippen LogP contribution in [0.5, 0.6) is 0 Å². The third kappa shape index (κ3) is 14.6. The predicted molar refractivity (Wildman–Crippen MR) is 156 cm³/mol. The van der Waals surface area contributed by atoms with E-state index in [-0.39, 0.29) is 17.1 Å². The van der Waals surface area contributed by atoms with E-state index >= 15 is 0 Å². The fourth-order valence-electron chi connectivity index (χ4n) is 3.78. The van der Waals surface area contributed by atoms with E-state index in [2.05, 4.69) is 106 Å². The summed E-state index contributed by atoms with van der Waals surface area (Å²) in [5.41, 5.74) is 20.9. The van der Waals surface area contributed by atoms with Crippen molar-refractivity contribution in [2.45, 2.75) is 92.9 Å². The van der Waals surface area contributed by atoms with Crippen LogP contribution in [0.25, 0.3) is 0 Å². The van der Waals surface area contributed by atoms with Gasteiger partial charge in [-0.1, -0.05) is 91.8 Å². The molecular weight excluding hydrogens is 567 g/mol. The first-order valence-corrected chi connectivity index (χ1v) is 12.6. The second-order valence-corrected chi connectivity index (χ2v) is 10.1. The summed E-state index contributed by atoms with van der Waals surface area (Å²) >= 11 is 0. The number of aliphatic imine (C=N–C) groups is 2. The molecule has 0 amide bonds. The molecule has 0 aliphatic heterocycles. The second kappa shape index (κ2) is 20.2. The van der Waals surface area contributed by atoms with Crippen molar-refractivity contribution in [3.8, 4) is 0 Å². The van der Waals surface area contributed by atoms with E-state index in [1.165, 1.54) is 22.3 Å². The molecule has 40 heavy (non-hydrogen) atoms. The Balaban J connectivity index is -0.00000121. The van der Waals surface area contributed by atoms with E-state index in [0.717, 1.165) is 22.8 Å². The average molecular weight is 607 g/mol. The van der Waals surface area contributed by atoms with Gasteiger partial charge in [-0.05, 0) is 59.8 Å². The Kier molecular flexibility index (Phi) is 21.1. The van der Waals surface area contributed by atoms with Crippen LogP contribution >= 0.6 is 0 Å². The Morgan fingerprint density at radius 1 is 0.575 bits per heavy atom. The molecule has 0 bridgehead atoms. The van der Waals surface area contributed by atoms with Crippen LogP contribution in [0.2, 0.25) is 0 Å². The Bertz CT molecular complexity index is 954. The molecule has 0 spiro atoms. The maximum atomic E-state index is 9.75. The molecule has 224 valence electrons. The smallest absolute Gasteiger partial charge is 0.418 e. The molecule has 0 heterocycles. The van der Waals surface area contributed by atoms with Gasteiger partial charge < -0.3 is 17.3 Å². The van der Waals surface area contributed by atoms with Crippen molar-refractivity contribution in [1.82, 2.24) is 11.2 Å². The van der Waals surface area contributed by atoms with Gasteiger partial charge in [-0.15, -0.1) is 9.81 Å². The number of benzene rings is 2. The van der Waals surface area contributed by atoms with Crippen molar-refractivity contribution < 1.29 is 34.3 Å². The van der Waals surface area contributed by atoms with Gasteiger partial charge in [0.1, 0.15) is 11.2 Å². The fourth-order valence-corrected chi connectivity index (χ4v) is 3.78. The molecule has 0 fully saturated rings. The zero-order valence-electron chi connectivity index (χ0n) is 24.8. The van der Waals surface area contributed by atoms with E-state index in [0.29, 0.717) is 23.7 Å². The molecule has 0 aliphatic carbocycles. The molecular formula is C28H40BF4FeN4O2-. The summed E-state index contributed by atoms with van der Waals surface area (Å²) in [5.74, 6) is 1.73. The molecule has 0 N–H and O–H groups in total. The Labute approximate surface area is 246 Å². The van der Waals surface area contributed by atoms with Crippen LogP contribution in [0.4, 0.5) is 28.6 Å². The van der Waals surface area contributed by atoms with E-state index < -0.39 is 7.25 Å². The normalized spacial score (nSPS) is 11.7. The molecule has 0 aromatic heterocycles. The van der Waals surface area contributed by atoms with Crippen LogP contribution in [-0.4, -0.2) is 18.7 Å². The van der Waals surface area contributed by atoms with Crippen LogP contribution in [-0.2, 0) is 17.1 Å². The van der Waals surface area contributed by atoms with Crippen LogP contribution in [0, 0.1) is 9.81 Å². The standard InChI is InChI=1S/C28H40N2.BF4.Fe.2NO/c1-17(2)23-13-11-14-24(18(3)4)27(23)29-21(9)22(10)30-28-25(19(5)6)15-12-16-26(28)20(7)8;2-1(3,4)5;;2*1-2/h11-20H,1-10H3;;;;/q;-1;;;. The first kappa shape index (κ1) is 41.8. The number of nitrogens with zero attached hydrogens (tertiary/aromatic N) is 4. The van der Waals surface area contributed by atoms with E-state index in [4.69, 9.17) is 31.0 Å². The Morgan fingerprint density at radius 3 is 0.900 bits per heavy atom. The van der Waals surface area contributed by atoms with Crippen LogP contribution in [0.15, 0.2) is 46.4 Å². The first-order valence-electron chi connectivity index (χ1n) is 12.6. The number of hydrogen-bond donors (Lipinski definition) is 0. The molecule has 2 rings (SSSR count). The summed E-state index contributed by atoms with van der Waals surface area (Å²) in [6, 6.07) is 13.2. The third-order valence-electron chi connectivity index (χ3n) is 5.77. The fraction of sp³-hybridized carbons (Fsp3) is 0.500. The van der Waals surface area contributed by atoms with Gasteiger partial charge in [0.25, 0.3) is 0 Å². The molecule has 0 unspecified atom stereocenters. The third-order valence-corrected chi connectivity index (χ3v) is 5.77. The first-order chi connectivity index (χ1) is 18.0. The van der Waals surface area contributed by atoms with Gasteiger partial charge >= 0.3 is 7.25 Å². The number of halogens is 4. The van der Waals surface area contributed by atoms with Crippen molar-refractivity contribution in [2.75, 3.05) is 0 Å². The van der Waals surface area contributed by atoms with Crippen LogP contribution < -0.4 is 11.2 Å². The summed E-state index contributed by atoms with van der Waals surface area (Å²) in [6.07, 6.45) is 0. The Morgan fingerprint density at radius 2 is 0.750 bits per heavy atom. The molecule has 0 saturated heterocycles. The summed E-state index contributed by atoms with van der Waals surface area (Å²) in [6.45, 7) is 22.1. The number of para-hydroxylation sites is 2. The maximum absolute atomic E-state index is 9.75. The number of nitroso groups, excluding NO2 is 2. The van der Waals surface area contributed by atoms with Gasteiger partial charge in [0.2, 0.25) is 0 Å². The molecule has 2 aromatic rings. The number of rotatable bonds is 7. The minimum Gasteiger partial charge on any atom is -0.418 e. The molecule has 2 aromatic carbocycles. The molecule has 0 saturated carbocycles. The van der Waals surface area contributed by atoms with Crippen molar-refractivity contribution >= 4 is 30.1 Å². The van der Waals surface area contributed by atoms with Crippen molar-refractivity contribution in [3.63, 3.8) is 0 Å². The summed E-state index contributed by atoms with van der Waals surface area (Å²) in [5, 5.41) is 0. The van der Waals surface area contributed by atoms with Gasteiger partial charge in [0.15, 0.2) is 0 Å². The van der Waals surface area contributed by atoms with Gasteiger partial charge in [-0.3, -0.25) is 9.98 Å². The zero-order valence-corrected chi connectivity index (χ0v) is 25.9. The molecule has 12 heteroatoms. The monoisotopic (exact) mass is 607 g/mol. The summed E-state index contributed by atoms with van der Waals surface area (Å²) < 4.78 is 39.0. The van der Waals surface area contributed by atoms with Gasteiger partial charge in [-0.2, -0.15) is 0 Å². The second-order valence-electron chi connectivity index (χ2n) is 10.1.